The van der Waals surface area contributed by atoms with Gasteiger partial charge in [0.1, 0.15) is 6.61 Å². The first kappa shape index (κ1) is 52.5. The molecule has 0 saturated heterocycles. The van der Waals surface area contributed by atoms with Crippen molar-refractivity contribution in [2.75, 3.05) is 41.0 Å². The van der Waals surface area contributed by atoms with Crippen LogP contribution in [0.5, 0.6) is 0 Å². The molecule has 0 aliphatic heterocycles. The highest BCUT2D eigenvalue weighted by Gasteiger charge is 2.31. The van der Waals surface area contributed by atoms with Crippen LogP contribution >= 0.6 is 0 Å². The Morgan fingerprint density at radius 1 is 0.544 bits per heavy atom. The number of carbonyl (C=O) groups excluding carboxylic acids is 2. The van der Waals surface area contributed by atoms with Crippen LogP contribution in [0.25, 0.3) is 0 Å². The number of allylic oxidation sites excluding steroid dienone is 22. The molecule has 0 fully saturated rings. The van der Waals surface area contributed by atoms with E-state index in [2.05, 4.69) is 92.8 Å². The summed E-state index contributed by atoms with van der Waals surface area (Å²) in [6.07, 6.45) is 55.2. The summed E-state index contributed by atoms with van der Waals surface area (Å²) >= 11 is 0. The molecule has 1 N–H and O–H groups in total. The van der Waals surface area contributed by atoms with Crippen molar-refractivity contribution in [2.45, 2.75) is 116 Å². The van der Waals surface area contributed by atoms with Crippen molar-refractivity contribution in [3.05, 3.63) is 134 Å². The average Bonchev–Trinajstić information content (AvgIpc) is 3.17. The number of ether oxygens (including phenoxy) is 3. The van der Waals surface area contributed by atoms with Crippen LogP contribution in [-0.2, 0) is 28.6 Å². The fourth-order valence-corrected chi connectivity index (χ4v) is 5.01. The van der Waals surface area contributed by atoms with Crippen LogP contribution in [0.3, 0.4) is 0 Å². The maximum absolute atomic E-state index is 12.7. The van der Waals surface area contributed by atoms with Gasteiger partial charge in [0.2, 0.25) is 0 Å². The Morgan fingerprint density at radius 3 is 1.47 bits per heavy atom. The summed E-state index contributed by atoms with van der Waals surface area (Å²) in [5, 5.41) is 9.60. The highest BCUT2D eigenvalue weighted by atomic mass is 16.6. The van der Waals surface area contributed by atoms with Crippen molar-refractivity contribution < 1.29 is 38.2 Å². The number of esters is 2. The number of hydrogen-bond acceptors (Lipinski definition) is 6. The van der Waals surface area contributed by atoms with Crippen molar-refractivity contribution in [3.8, 4) is 0 Å². The van der Waals surface area contributed by atoms with Crippen LogP contribution in [0.1, 0.15) is 104 Å². The maximum atomic E-state index is 12.7. The summed E-state index contributed by atoms with van der Waals surface area (Å²) in [6, 6.07) is -0.645. The van der Waals surface area contributed by atoms with Crippen LogP contribution in [0.15, 0.2) is 134 Å². The quantitative estimate of drug-likeness (QED) is 0.0228. The van der Waals surface area contributed by atoms with Gasteiger partial charge in [-0.2, -0.15) is 0 Å². The van der Waals surface area contributed by atoms with E-state index in [1.807, 2.05) is 75.8 Å². The first-order chi connectivity index (χ1) is 27.6. The number of likely N-dealkylation sites (N-methyl/N-ethyl adjacent to an activating group) is 1. The fourth-order valence-electron chi connectivity index (χ4n) is 5.01. The lowest BCUT2D eigenvalue weighted by Gasteiger charge is -2.31. The van der Waals surface area contributed by atoms with Gasteiger partial charge < -0.3 is 23.8 Å². The Labute approximate surface area is 345 Å². The molecule has 0 aromatic heterocycles. The molecular formula is C49H74NO7+. The largest absolute Gasteiger partial charge is 0.477 e. The second-order valence-corrected chi connectivity index (χ2v) is 14.2. The Hall–Kier alpha value is -4.53. The van der Waals surface area contributed by atoms with Gasteiger partial charge in [-0.05, 0) is 70.6 Å². The van der Waals surface area contributed by atoms with Crippen molar-refractivity contribution >= 4 is 17.9 Å². The molecule has 57 heavy (non-hydrogen) atoms. The Morgan fingerprint density at radius 2 is 0.982 bits per heavy atom. The first-order valence-electron chi connectivity index (χ1n) is 20.8. The normalized spacial score (nSPS) is 14.3. The molecule has 0 spiro atoms. The summed E-state index contributed by atoms with van der Waals surface area (Å²) in [5.74, 6) is -1.67. The average molecular weight is 789 g/mol. The summed E-state index contributed by atoms with van der Waals surface area (Å²) < 4.78 is 17.1. The van der Waals surface area contributed by atoms with E-state index >= 15 is 0 Å². The zero-order valence-corrected chi connectivity index (χ0v) is 35.7. The lowest BCUT2D eigenvalue weighted by Crippen LogP contribution is -2.50. The van der Waals surface area contributed by atoms with Gasteiger partial charge in [-0.25, -0.2) is 4.79 Å². The molecule has 0 aromatic rings. The summed E-state index contributed by atoms with van der Waals surface area (Å²) in [5.41, 5.74) is 0. The highest BCUT2D eigenvalue weighted by Crippen LogP contribution is 2.10. The van der Waals surface area contributed by atoms with Gasteiger partial charge in [-0.3, -0.25) is 9.59 Å². The summed E-state index contributed by atoms with van der Waals surface area (Å²) in [7, 11) is 5.46. The minimum atomic E-state index is -0.902. The van der Waals surface area contributed by atoms with E-state index < -0.39 is 24.1 Å². The predicted molar refractivity (Wildman–Crippen MR) is 238 cm³/mol. The van der Waals surface area contributed by atoms with Crippen LogP contribution in [0.4, 0.5) is 0 Å². The number of nitrogens with zero attached hydrogens (tertiary/aromatic N) is 1. The van der Waals surface area contributed by atoms with Crippen LogP contribution in [0.2, 0.25) is 0 Å². The van der Waals surface area contributed by atoms with Gasteiger partial charge in [0.05, 0.1) is 34.4 Å². The topological polar surface area (TPSA) is 99.1 Å². The Balaban J connectivity index is 4.59. The van der Waals surface area contributed by atoms with E-state index in [1.54, 1.807) is 0 Å². The predicted octanol–water partition coefficient (Wildman–Crippen LogP) is 11.2. The number of aliphatic carboxylic acids is 1. The number of hydrogen-bond donors (Lipinski definition) is 1. The highest BCUT2D eigenvalue weighted by molar-refractivity contribution is 5.72. The fraction of sp³-hybridized carbons (Fsp3) is 0.490. The molecule has 0 amide bonds. The number of rotatable bonds is 34. The lowest BCUT2D eigenvalue weighted by molar-refractivity contribution is -0.887. The van der Waals surface area contributed by atoms with E-state index in [4.69, 9.17) is 14.2 Å². The SMILES string of the molecule is CC/C=C/C=C/C=C/C=C/C=C/CCCC(=O)OC(COCCC(C(=O)O)[N+](C)(C)C)COC(=O)CCC/C=C/C/C=C/C/C=C/C/C=C/C/C=C/C/C=C/CC. The van der Waals surface area contributed by atoms with E-state index in [1.165, 1.54) is 0 Å². The molecule has 0 rings (SSSR count). The van der Waals surface area contributed by atoms with Gasteiger partial charge in [0, 0.05) is 19.3 Å². The number of carbonyl (C=O) groups is 3. The molecule has 0 bridgehead atoms. The number of quaternary nitrogens is 1. The molecule has 0 heterocycles. The van der Waals surface area contributed by atoms with Gasteiger partial charge in [0.15, 0.2) is 12.1 Å². The third-order valence-electron chi connectivity index (χ3n) is 8.17. The zero-order chi connectivity index (χ0) is 42.1. The van der Waals surface area contributed by atoms with Crippen molar-refractivity contribution in [1.29, 1.82) is 0 Å². The Kier molecular flexibility index (Phi) is 35.3. The van der Waals surface area contributed by atoms with Crippen molar-refractivity contribution in [3.63, 3.8) is 0 Å². The van der Waals surface area contributed by atoms with E-state index in [0.29, 0.717) is 19.3 Å². The van der Waals surface area contributed by atoms with Crippen LogP contribution in [-0.4, -0.2) is 80.6 Å². The molecule has 0 aliphatic rings. The van der Waals surface area contributed by atoms with E-state index in [9.17, 15) is 19.5 Å². The maximum Gasteiger partial charge on any atom is 0.362 e. The van der Waals surface area contributed by atoms with Gasteiger partial charge in [-0.15, -0.1) is 0 Å². The third-order valence-corrected chi connectivity index (χ3v) is 8.17. The van der Waals surface area contributed by atoms with Crippen molar-refractivity contribution in [1.82, 2.24) is 0 Å². The molecule has 0 aromatic carbocycles. The molecule has 8 heteroatoms. The number of carboxylic acids is 1. The zero-order valence-electron chi connectivity index (χ0n) is 35.7. The standard InChI is InChI=1S/C49H73NO7/c1-6-8-10-12-14-16-18-20-21-22-23-24-25-26-28-29-31-33-35-37-39-47(51)56-44-45(43-55-42-41-46(49(53)54)50(3,4)5)57-48(52)40-38-36-34-32-30-27-19-17-15-13-11-9-7-2/h8-11,13-17,19-21,23-24,26-28,30-34,45-46H,6-7,12,18,22,25,29,35-44H2,1-5H3/p+1/b10-8+,11-9+,15-13+,16-14+,19-17+,21-20+,24-23+,28-26+,30-27+,33-31+,34-32+. The van der Waals surface area contributed by atoms with Crippen LogP contribution < -0.4 is 0 Å². The number of carboxylic acid groups (broad SMARTS) is 1. The minimum Gasteiger partial charge on any atom is -0.477 e. The van der Waals surface area contributed by atoms with Gasteiger partial charge >= 0.3 is 17.9 Å². The molecule has 2 atom stereocenters. The minimum absolute atomic E-state index is 0.00331. The molecule has 0 aliphatic carbocycles. The summed E-state index contributed by atoms with van der Waals surface area (Å²) in [6.45, 7) is 4.29. The molecular weight excluding hydrogens is 715 g/mol. The second kappa shape index (κ2) is 38.3. The van der Waals surface area contributed by atoms with E-state index in [-0.39, 0.29) is 49.5 Å². The monoisotopic (exact) mass is 789 g/mol. The van der Waals surface area contributed by atoms with Gasteiger partial charge in [0.25, 0.3) is 0 Å². The molecule has 0 saturated carbocycles. The molecule has 2 unspecified atom stereocenters. The second-order valence-electron chi connectivity index (χ2n) is 14.2. The number of unbranched alkanes of at least 4 members (excludes halogenated alkanes) is 2. The lowest BCUT2D eigenvalue weighted by atomic mass is 10.1. The molecule has 316 valence electrons. The first-order valence-corrected chi connectivity index (χ1v) is 20.8. The Bertz CT molecular complexity index is 1380. The van der Waals surface area contributed by atoms with Gasteiger partial charge in [-0.1, -0.05) is 148 Å². The molecule has 0 radical (unpaired) electrons. The molecule has 8 nitrogen and oxygen atoms in total. The smallest absolute Gasteiger partial charge is 0.362 e. The van der Waals surface area contributed by atoms with Crippen molar-refractivity contribution in [2.24, 2.45) is 0 Å². The summed E-state index contributed by atoms with van der Waals surface area (Å²) in [4.78, 5) is 36.9. The van der Waals surface area contributed by atoms with E-state index in [0.717, 1.165) is 51.4 Å². The third kappa shape index (κ3) is 36.8. The van der Waals surface area contributed by atoms with Crippen LogP contribution in [0, 0.1) is 0 Å².